The van der Waals surface area contributed by atoms with Gasteiger partial charge in [-0.05, 0) is 99.2 Å². The van der Waals surface area contributed by atoms with Gasteiger partial charge >= 0.3 is 17.1 Å². The third-order valence-electron chi connectivity index (χ3n) is 12.5. The van der Waals surface area contributed by atoms with Crippen molar-refractivity contribution in [1.82, 2.24) is 0 Å². The van der Waals surface area contributed by atoms with Crippen molar-refractivity contribution in [2.24, 2.45) is 0 Å². The van der Waals surface area contributed by atoms with Gasteiger partial charge in [0.05, 0.1) is 14.2 Å². The second kappa shape index (κ2) is 20.4. The number of hydrogen-bond donors (Lipinski definition) is 0. The summed E-state index contributed by atoms with van der Waals surface area (Å²) < 4.78 is 12.7. The van der Waals surface area contributed by atoms with E-state index in [0.29, 0.717) is 5.66 Å². The van der Waals surface area contributed by atoms with Gasteiger partial charge in [-0.1, -0.05) is 144 Å². The standard InChI is InChI=1S/C49H74O2P2.C5.Fe/c1-33(52(34-23-18-16-19-24-34)35-25-20-17-21-26-35)38-27-22-28-43(38)53(36-29-39(46(2,3)4)44(50-14)40(30-36)47(5,6)7)37-31-41(48(8,9)10)45(51-15)42(32-37)49(11,12)13;1-2-4-5-3-1;/h22,28-35H,16-21,23-26H2,1-15H3;;/q2*-1;+2/t33-;;/m1../s1. The molecule has 0 bridgehead atoms. The van der Waals surface area contributed by atoms with Crippen LogP contribution >= 0.6 is 15.8 Å². The fourth-order valence-corrected chi connectivity index (χ4v) is 16.5. The van der Waals surface area contributed by atoms with E-state index in [1.54, 1.807) is 0 Å². The summed E-state index contributed by atoms with van der Waals surface area (Å²) in [6.07, 6.45) is 19.2. The van der Waals surface area contributed by atoms with Gasteiger partial charge in [0.1, 0.15) is 11.5 Å². The zero-order valence-corrected chi connectivity index (χ0v) is 42.2. The molecule has 320 valence electrons. The molecule has 2 radical (unpaired) electrons. The van der Waals surface area contributed by atoms with Crippen molar-refractivity contribution in [3.63, 3.8) is 0 Å². The minimum Gasteiger partial charge on any atom is -0.496 e. The summed E-state index contributed by atoms with van der Waals surface area (Å²) in [6.45, 7) is 30.8. The van der Waals surface area contributed by atoms with Crippen LogP contribution in [0.4, 0.5) is 0 Å². The number of methoxy groups -OCH3 is 2. The van der Waals surface area contributed by atoms with E-state index in [9.17, 15) is 0 Å². The number of ether oxygens (including phenoxy) is 2. The molecule has 0 spiro atoms. The molecule has 3 aromatic carbocycles. The molecule has 5 heteroatoms. The zero-order valence-electron chi connectivity index (χ0n) is 39.3. The average Bonchev–Trinajstić information content (AvgIpc) is 3.91. The molecule has 6 rings (SSSR count). The second-order valence-electron chi connectivity index (χ2n) is 21.1. The fourth-order valence-electron chi connectivity index (χ4n) is 9.48. The van der Waals surface area contributed by atoms with E-state index < -0.39 is 7.92 Å². The summed E-state index contributed by atoms with van der Waals surface area (Å²) in [6, 6.07) is 18.9. The van der Waals surface area contributed by atoms with E-state index in [1.807, 2.05) is 14.2 Å². The van der Waals surface area contributed by atoms with Crippen molar-refractivity contribution in [3.05, 3.63) is 99.6 Å². The van der Waals surface area contributed by atoms with Crippen LogP contribution in [-0.2, 0) is 38.7 Å². The van der Waals surface area contributed by atoms with E-state index >= 15 is 0 Å². The Balaban J connectivity index is 0.00000119. The second-order valence-corrected chi connectivity index (χ2v) is 26.4. The fraction of sp³-hybridized carbons (Fsp3) is 0.593. The van der Waals surface area contributed by atoms with Crippen LogP contribution in [0.15, 0.2) is 53.6 Å². The number of hydrogen-bond acceptors (Lipinski definition) is 2. The third-order valence-corrected chi connectivity index (χ3v) is 18.8. The summed E-state index contributed by atoms with van der Waals surface area (Å²) in [5, 5.41) is 4.36. The first-order chi connectivity index (χ1) is 27.2. The van der Waals surface area contributed by atoms with Gasteiger partial charge in [-0.25, -0.2) is 17.9 Å². The van der Waals surface area contributed by atoms with Crippen LogP contribution in [0.2, 0.25) is 0 Å². The van der Waals surface area contributed by atoms with Gasteiger partial charge in [-0.2, -0.15) is 11.6 Å². The van der Waals surface area contributed by atoms with Crippen LogP contribution < -0.4 is 25.4 Å². The molecule has 0 saturated heterocycles. The Morgan fingerprint density at radius 2 is 1.02 bits per heavy atom. The van der Waals surface area contributed by atoms with Crippen LogP contribution in [-0.4, -0.2) is 25.5 Å². The Bertz CT molecular complexity index is 1810. The number of benzene rings is 2. The molecule has 0 amide bonds. The minimum absolute atomic E-state index is 0. The maximum Gasteiger partial charge on any atom is 2.00 e. The maximum absolute atomic E-state index is 6.33. The summed E-state index contributed by atoms with van der Waals surface area (Å²) in [7, 11) is 2.62. The van der Waals surface area contributed by atoms with Crippen molar-refractivity contribution in [3.8, 4) is 11.5 Å². The van der Waals surface area contributed by atoms with E-state index in [2.05, 4.69) is 162 Å². The Hall–Kier alpha value is -2.15. The molecule has 0 unspecified atom stereocenters. The number of allylic oxidation sites excluding steroid dienone is 2. The Morgan fingerprint density at radius 1 is 0.627 bits per heavy atom. The Kier molecular flexibility index (Phi) is 17.1. The molecule has 0 aliphatic heterocycles. The first-order valence-corrected chi connectivity index (χ1v) is 25.0. The molecule has 3 aliphatic carbocycles. The topological polar surface area (TPSA) is 18.5 Å². The Morgan fingerprint density at radius 3 is 1.31 bits per heavy atom. The van der Waals surface area contributed by atoms with Gasteiger partial charge in [0.2, 0.25) is 0 Å². The van der Waals surface area contributed by atoms with Crippen molar-refractivity contribution >= 4 is 31.8 Å². The van der Waals surface area contributed by atoms with E-state index in [4.69, 9.17) is 9.47 Å². The van der Waals surface area contributed by atoms with Crippen LogP contribution in [0, 0.1) is 18.2 Å². The van der Waals surface area contributed by atoms with Gasteiger partial charge < -0.3 is 9.47 Å². The van der Waals surface area contributed by atoms with Crippen molar-refractivity contribution < 1.29 is 26.5 Å². The van der Waals surface area contributed by atoms with Crippen LogP contribution in [0.1, 0.15) is 188 Å². The Labute approximate surface area is 374 Å². The van der Waals surface area contributed by atoms with E-state index in [1.165, 1.54) is 108 Å². The van der Waals surface area contributed by atoms with Gasteiger partial charge in [0.25, 0.3) is 0 Å². The molecule has 0 N–H and O–H groups in total. The van der Waals surface area contributed by atoms with Crippen LogP contribution in [0.25, 0.3) is 0 Å². The van der Waals surface area contributed by atoms with Gasteiger partial charge in [-0.15, -0.1) is 17.5 Å². The predicted molar refractivity (Wildman–Crippen MR) is 254 cm³/mol. The molecule has 1 atom stereocenters. The molecule has 2 saturated carbocycles. The number of rotatable bonds is 9. The van der Waals surface area contributed by atoms with Crippen LogP contribution in [0.5, 0.6) is 11.5 Å². The quantitative estimate of drug-likeness (QED) is 0.0923. The monoisotopic (exact) mass is 872 g/mol. The first-order valence-electron chi connectivity index (χ1n) is 22.1. The molecule has 0 aromatic heterocycles. The summed E-state index contributed by atoms with van der Waals surface area (Å²) >= 11 is 0. The molecule has 3 aromatic rings. The SMILES string of the molecule is COc1c(C(C)(C)C)cc(P(c2cc(C(C)(C)C)c(OC)c(C(C)(C)C)c2)[c-]2cc[c]c2[C@@H](C)P(C2CCCCC2)C2CCCCC2)cc1C(C)(C)C.[C]1=C=C=C=[C-]1.[Fe+2]. The summed E-state index contributed by atoms with van der Waals surface area (Å²) in [5.41, 5.74) is 16.2. The molecule has 2 nitrogen and oxygen atoms in total. The zero-order chi connectivity index (χ0) is 42.6. The maximum atomic E-state index is 6.33. The third kappa shape index (κ3) is 11.9. The summed E-state index contributed by atoms with van der Waals surface area (Å²) in [5.74, 6) is 2.09. The summed E-state index contributed by atoms with van der Waals surface area (Å²) in [4.78, 5) is 0. The van der Waals surface area contributed by atoms with E-state index in [0.717, 1.165) is 22.8 Å². The first kappa shape index (κ1) is 49.5. The van der Waals surface area contributed by atoms with E-state index in [-0.39, 0.29) is 46.7 Å². The molecule has 3 aliphatic rings. The minimum atomic E-state index is -0.942. The average molecular weight is 873 g/mol. The molecule has 59 heavy (non-hydrogen) atoms. The van der Waals surface area contributed by atoms with Gasteiger partial charge in [0.15, 0.2) is 0 Å². The predicted octanol–water partition coefficient (Wildman–Crippen LogP) is 14.0. The smallest absolute Gasteiger partial charge is 0.496 e. The normalized spacial score (nSPS) is 17.0. The molecule has 2 fully saturated rings. The van der Waals surface area contributed by atoms with Gasteiger partial charge in [-0.3, -0.25) is 11.5 Å². The van der Waals surface area contributed by atoms with Crippen molar-refractivity contribution in [1.29, 1.82) is 0 Å². The molecule has 0 heterocycles. The van der Waals surface area contributed by atoms with Gasteiger partial charge in [0, 0.05) is 22.3 Å². The molecular weight excluding hydrogens is 798 g/mol. The largest absolute Gasteiger partial charge is 2.00 e. The van der Waals surface area contributed by atoms with Crippen LogP contribution in [0.3, 0.4) is 0 Å². The van der Waals surface area contributed by atoms with Crippen molar-refractivity contribution in [2.45, 2.75) is 193 Å². The molecular formula is C54H74FeO2P2. The van der Waals surface area contributed by atoms with Crippen molar-refractivity contribution in [2.75, 3.05) is 14.2 Å².